The molecule has 0 aliphatic carbocycles. The maximum atomic E-state index is 13.2. The Labute approximate surface area is 179 Å². The smallest absolute Gasteiger partial charge is 0.257 e. The fourth-order valence-corrected chi connectivity index (χ4v) is 4.88. The maximum absolute atomic E-state index is 13.2. The molecule has 6 heteroatoms. The van der Waals surface area contributed by atoms with E-state index < -0.39 is 0 Å². The first-order valence-corrected chi connectivity index (χ1v) is 11.1. The van der Waals surface area contributed by atoms with E-state index in [4.69, 9.17) is 4.42 Å². The zero-order chi connectivity index (χ0) is 20.3. The number of thiophene rings is 1. The topological polar surface area (TPSA) is 49.1 Å². The van der Waals surface area contributed by atoms with Crippen molar-refractivity contribution in [1.82, 2.24) is 9.91 Å². The lowest BCUT2D eigenvalue weighted by molar-refractivity contribution is -0.134. The first kappa shape index (κ1) is 19.0. The molecule has 0 bridgehead atoms. The summed E-state index contributed by atoms with van der Waals surface area (Å²) in [4.78, 5) is 16.6. The van der Waals surface area contributed by atoms with Gasteiger partial charge in [-0.25, -0.2) is 5.01 Å². The zero-order valence-electron chi connectivity index (χ0n) is 16.6. The van der Waals surface area contributed by atoms with Crippen molar-refractivity contribution in [2.24, 2.45) is 5.10 Å². The molecule has 2 aliphatic rings. The van der Waals surface area contributed by atoms with Gasteiger partial charge in [0.1, 0.15) is 11.5 Å². The van der Waals surface area contributed by atoms with E-state index in [2.05, 4.69) is 46.4 Å². The van der Waals surface area contributed by atoms with E-state index in [-0.39, 0.29) is 11.9 Å². The summed E-state index contributed by atoms with van der Waals surface area (Å²) in [6.45, 7) is 2.02. The molecule has 5 nitrogen and oxygen atoms in total. The highest BCUT2D eigenvalue weighted by molar-refractivity contribution is 7.10. The number of hydrogen-bond acceptors (Lipinski definition) is 5. The van der Waals surface area contributed by atoms with Crippen molar-refractivity contribution in [2.45, 2.75) is 18.9 Å². The van der Waals surface area contributed by atoms with Crippen molar-refractivity contribution < 1.29 is 9.21 Å². The fraction of sp³-hybridized carbons (Fsp3) is 0.250. The van der Waals surface area contributed by atoms with Crippen LogP contribution in [0.5, 0.6) is 0 Å². The lowest BCUT2D eigenvalue weighted by Crippen LogP contribution is -2.39. The van der Waals surface area contributed by atoms with Gasteiger partial charge in [0.25, 0.3) is 5.91 Å². The Morgan fingerprint density at radius 2 is 2.03 bits per heavy atom. The van der Waals surface area contributed by atoms with E-state index >= 15 is 0 Å². The number of carbonyl (C=O) groups excluding carboxylic acids is 1. The van der Waals surface area contributed by atoms with Crippen molar-refractivity contribution in [3.63, 3.8) is 0 Å². The van der Waals surface area contributed by atoms with Crippen molar-refractivity contribution >= 4 is 28.5 Å². The Bertz CT molecular complexity index is 1060. The number of carbonyl (C=O) groups is 1. The number of furan rings is 1. The summed E-state index contributed by atoms with van der Waals surface area (Å²) >= 11 is 1.66. The summed E-state index contributed by atoms with van der Waals surface area (Å²) in [5.41, 5.74) is 3.46. The summed E-state index contributed by atoms with van der Waals surface area (Å²) in [5.74, 6) is 0.770. The highest BCUT2D eigenvalue weighted by Gasteiger charge is 2.35. The number of hydrazone groups is 1. The van der Waals surface area contributed by atoms with Crippen LogP contribution >= 0.6 is 11.3 Å². The molecule has 1 aromatic carbocycles. The van der Waals surface area contributed by atoms with Crippen LogP contribution in [-0.4, -0.2) is 41.2 Å². The second kappa shape index (κ2) is 8.42. The van der Waals surface area contributed by atoms with Crippen LogP contribution in [0.3, 0.4) is 0 Å². The van der Waals surface area contributed by atoms with Crippen LogP contribution in [0.25, 0.3) is 5.57 Å². The lowest BCUT2D eigenvalue weighted by atomic mass is 9.99. The Balaban J connectivity index is 1.30. The van der Waals surface area contributed by atoms with E-state index in [1.54, 1.807) is 22.6 Å². The predicted molar refractivity (Wildman–Crippen MR) is 119 cm³/mol. The normalized spacial score (nSPS) is 19.6. The molecule has 0 saturated carbocycles. The SMILES string of the molecule is O=C(CN1CC=C(c2ccccc2)CC1)N1N=C(c2ccco2)C[C@@H]1c1cccs1. The molecule has 0 saturated heterocycles. The number of hydrogen-bond donors (Lipinski definition) is 0. The van der Waals surface area contributed by atoms with Gasteiger partial charge in [-0.3, -0.25) is 9.69 Å². The van der Waals surface area contributed by atoms with Crippen molar-refractivity contribution in [1.29, 1.82) is 0 Å². The largest absolute Gasteiger partial charge is 0.463 e. The van der Waals surface area contributed by atoms with Crippen LogP contribution in [0.4, 0.5) is 0 Å². The van der Waals surface area contributed by atoms with Crippen molar-refractivity contribution in [3.8, 4) is 0 Å². The van der Waals surface area contributed by atoms with E-state index in [0.29, 0.717) is 13.0 Å². The molecule has 0 spiro atoms. The molecule has 152 valence electrons. The molecular weight excluding hydrogens is 394 g/mol. The average molecular weight is 418 g/mol. The van der Waals surface area contributed by atoms with E-state index in [9.17, 15) is 4.79 Å². The molecule has 2 aliphatic heterocycles. The van der Waals surface area contributed by atoms with Crippen LogP contribution in [0.2, 0.25) is 0 Å². The van der Waals surface area contributed by atoms with Crippen molar-refractivity contribution in [2.75, 3.05) is 19.6 Å². The quantitative estimate of drug-likeness (QED) is 0.599. The second-order valence-electron chi connectivity index (χ2n) is 7.58. The van der Waals surface area contributed by atoms with Gasteiger partial charge in [-0.1, -0.05) is 42.5 Å². The van der Waals surface area contributed by atoms with Gasteiger partial charge in [-0.05, 0) is 41.1 Å². The van der Waals surface area contributed by atoms with Crippen LogP contribution in [0.1, 0.15) is 35.1 Å². The Kier molecular flexibility index (Phi) is 5.34. The molecular formula is C24H23N3O2S. The standard InChI is InChI=1S/C24H23N3O2S/c28-24(17-26-12-10-19(11-13-26)18-6-2-1-3-7-18)27-21(23-9-5-15-30-23)16-20(25-27)22-8-4-14-29-22/h1-10,14-15,21H,11-13,16-17H2/t21-/m1/s1. The summed E-state index contributed by atoms with van der Waals surface area (Å²) < 4.78 is 5.53. The average Bonchev–Trinajstić information content (AvgIpc) is 3.56. The summed E-state index contributed by atoms with van der Waals surface area (Å²) in [7, 11) is 0. The Morgan fingerprint density at radius 1 is 1.13 bits per heavy atom. The third kappa shape index (κ3) is 3.88. The van der Waals surface area contributed by atoms with Crippen LogP contribution in [-0.2, 0) is 4.79 Å². The van der Waals surface area contributed by atoms with Crippen LogP contribution in [0, 0.1) is 0 Å². The van der Waals surface area contributed by atoms with Gasteiger partial charge in [0.05, 0.1) is 18.8 Å². The molecule has 0 radical (unpaired) electrons. The fourth-order valence-electron chi connectivity index (χ4n) is 4.07. The van der Waals surface area contributed by atoms with Crippen molar-refractivity contribution in [3.05, 3.63) is 88.5 Å². The van der Waals surface area contributed by atoms with Gasteiger partial charge in [-0.2, -0.15) is 5.10 Å². The molecule has 0 N–H and O–H groups in total. The molecule has 0 fully saturated rings. The minimum atomic E-state index is -0.0576. The third-order valence-electron chi connectivity index (χ3n) is 5.64. The first-order valence-electron chi connectivity index (χ1n) is 10.2. The van der Waals surface area contributed by atoms with E-state index in [0.717, 1.165) is 35.9 Å². The highest BCUT2D eigenvalue weighted by Crippen LogP contribution is 2.35. The maximum Gasteiger partial charge on any atom is 0.257 e. The number of rotatable bonds is 5. The number of nitrogens with zero attached hydrogens (tertiary/aromatic N) is 3. The summed E-state index contributed by atoms with van der Waals surface area (Å²) in [5, 5.41) is 8.38. The number of benzene rings is 1. The van der Waals surface area contributed by atoms with Gasteiger partial charge in [-0.15, -0.1) is 11.3 Å². The van der Waals surface area contributed by atoms with Gasteiger partial charge in [0, 0.05) is 24.4 Å². The van der Waals surface area contributed by atoms with E-state index in [1.807, 2.05) is 29.6 Å². The minimum Gasteiger partial charge on any atom is -0.463 e. The van der Waals surface area contributed by atoms with Gasteiger partial charge >= 0.3 is 0 Å². The molecule has 0 unspecified atom stereocenters. The predicted octanol–water partition coefficient (Wildman–Crippen LogP) is 4.81. The molecule has 30 heavy (non-hydrogen) atoms. The second-order valence-corrected chi connectivity index (χ2v) is 8.56. The van der Waals surface area contributed by atoms with Gasteiger partial charge in [0.15, 0.2) is 0 Å². The summed E-state index contributed by atoms with van der Waals surface area (Å²) in [6.07, 6.45) is 5.52. The molecule has 1 amide bonds. The van der Waals surface area contributed by atoms with Gasteiger partial charge in [0.2, 0.25) is 0 Å². The highest BCUT2D eigenvalue weighted by atomic mass is 32.1. The molecule has 3 aromatic rings. The molecule has 2 aromatic heterocycles. The molecule has 4 heterocycles. The van der Waals surface area contributed by atoms with E-state index in [1.165, 1.54) is 11.1 Å². The first-order chi connectivity index (χ1) is 14.8. The number of amides is 1. The molecule has 5 rings (SSSR count). The molecule has 1 atom stereocenters. The minimum absolute atomic E-state index is 0.0338. The van der Waals surface area contributed by atoms with Crippen LogP contribution in [0.15, 0.2) is 81.8 Å². The van der Waals surface area contributed by atoms with Crippen LogP contribution < -0.4 is 0 Å². The third-order valence-corrected chi connectivity index (χ3v) is 6.61. The van der Waals surface area contributed by atoms with Gasteiger partial charge < -0.3 is 4.42 Å². The Hall–Kier alpha value is -2.96. The summed E-state index contributed by atoms with van der Waals surface area (Å²) in [6, 6.07) is 18.3. The Morgan fingerprint density at radius 3 is 2.73 bits per heavy atom. The lowest BCUT2D eigenvalue weighted by Gasteiger charge is -2.28. The zero-order valence-corrected chi connectivity index (χ0v) is 17.4. The monoisotopic (exact) mass is 417 g/mol.